The van der Waals surface area contributed by atoms with Gasteiger partial charge in [-0.25, -0.2) is 0 Å². The summed E-state index contributed by atoms with van der Waals surface area (Å²) in [4.78, 5) is 0. The Morgan fingerprint density at radius 2 is 1.88 bits per heavy atom. The molecule has 1 fully saturated rings. The molecule has 0 bridgehead atoms. The smallest absolute Gasteiger partial charge is 0.186 e. The highest BCUT2D eigenvalue weighted by Crippen LogP contribution is 2.22. The highest BCUT2D eigenvalue weighted by Gasteiger charge is 2.43. The van der Waals surface area contributed by atoms with E-state index in [9.17, 15) is 15.3 Å². The summed E-state index contributed by atoms with van der Waals surface area (Å²) in [6, 6.07) is 0. The Morgan fingerprint density at radius 1 is 1.19 bits per heavy atom. The summed E-state index contributed by atoms with van der Waals surface area (Å²) in [5.41, 5.74) is 0. The van der Waals surface area contributed by atoms with E-state index in [1.807, 2.05) is 6.92 Å². The number of aliphatic hydroxyl groups is 3. The molecule has 0 saturated carbocycles. The highest BCUT2D eigenvalue weighted by molar-refractivity contribution is 7.80. The average molecular weight is 252 g/mol. The standard InChI is InChI=1S/C10H20O5S/c1-2-3-4-14-10-9(13)8(12)7(11)6(5-16)15-10/h6-13,16H,2-5H2,1H3/t6?,7-,8-,9?,10+/m0/s1. The van der Waals surface area contributed by atoms with E-state index in [0.717, 1.165) is 12.8 Å². The third-order valence-corrected chi connectivity index (χ3v) is 2.99. The zero-order valence-electron chi connectivity index (χ0n) is 9.32. The van der Waals surface area contributed by atoms with Gasteiger partial charge in [-0.05, 0) is 6.42 Å². The molecule has 3 N–H and O–H groups in total. The van der Waals surface area contributed by atoms with Crippen LogP contribution in [0.5, 0.6) is 0 Å². The zero-order valence-corrected chi connectivity index (χ0v) is 10.2. The summed E-state index contributed by atoms with van der Waals surface area (Å²) < 4.78 is 10.6. The van der Waals surface area contributed by atoms with Gasteiger partial charge in [0, 0.05) is 12.4 Å². The van der Waals surface area contributed by atoms with Crippen LogP contribution >= 0.6 is 12.6 Å². The Hall–Kier alpha value is 0.150. The monoisotopic (exact) mass is 252 g/mol. The van der Waals surface area contributed by atoms with Gasteiger partial charge in [-0.2, -0.15) is 12.6 Å². The number of hydrogen-bond donors (Lipinski definition) is 4. The third kappa shape index (κ3) is 3.32. The van der Waals surface area contributed by atoms with Crippen LogP contribution in [0.25, 0.3) is 0 Å². The van der Waals surface area contributed by atoms with Crippen LogP contribution in [0.15, 0.2) is 0 Å². The van der Waals surface area contributed by atoms with E-state index in [4.69, 9.17) is 9.47 Å². The molecule has 1 aliphatic heterocycles. The molecule has 0 aliphatic carbocycles. The van der Waals surface area contributed by atoms with Gasteiger partial charge in [-0.15, -0.1) is 0 Å². The number of rotatable bonds is 5. The Balaban J connectivity index is 2.50. The van der Waals surface area contributed by atoms with Crippen molar-refractivity contribution in [3.8, 4) is 0 Å². The molecular weight excluding hydrogens is 232 g/mol. The number of unbranched alkanes of at least 4 members (excludes halogenated alkanes) is 1. The van der Waals surface area contributed by atoms with Crippen molar-refractivity contribution >= 4 is 12.6 Å². The van der Waals surface area contributed by atoms with Crippen molar-refractivity contribution in [2.45, 2.75) is 50.5 Å². The lowest BCUT2D eigenvalue weighted by Gasteiger charge is -2.39. The van der Waals surface area contributed by atoms with Gasteiger partial charge >= 0.3 is 0 Å². The first-order chi connectivity index (χ1) is 7.61. The second-order valence-corrected chi connectivity index (χ2v) is 4.29. The van der Waals surface area contributed by atoms with Crippen LogP contribution in [0, 0.1) is 0 Å². The van der Waals surface area contributed by atoms with Crippen LogP contribution in [0.2, 0.25) is 0 Å². The van der Waals surface area contributed by atoms with Gasteiger partial charge in [0.1, 0.15) is 18.3 Å². The molecule has 96 valence electrons. The Kier molecular flexibility index (Phi) is 6.02. The molecule has 0 amide bonds. The van der Waals surface area contributed by atoms with Gasteiger partial charge in [-0.3, -0.25) is 0 Å². The van der Waals surface area contributed by atoms with Gasteiger partial charge in [0.05, 0.1) is 6.10 Å². The molecule has 5 nitrogen and oxygen atoms in total. The first-order valence-electron chi connectivity index (χ1n) is 5.54. The van der Waals surface area contributed by atoms with Gasteiger partial charge in [-0.1, -0.05) is 13.3 Å². The molecular formula is C10H20O5S. The van der Waals surface area contributed by atoms with Crippen LogP contribution in [0.3, 0.4) is 0 Å². The number of hydrogen-bond acceptors (Lipinski definition) is 6. The second-order valence-electron chi connectivity index (χ2n) is 3.92. The largest absolute Gasteiger partial charge is 0.388 e. The minimum absolute atomic E-state index is 0.262. The van der Waals surface area contributed by atoms with Crippen molar-refractivity contribution in [3.63, 3.8) is 0 Å². The molecule has 0 spiro atoms. The highest BCUT2D eigenvalue weighted by atomic mass is 32.1. The van der Waals surface area contributed by atoms with E-state index in [0.29, 0.717) is 6.61 Å². The molecule has 2 unspecified atom stereocenters. The van der Waals surface area contributed by atoms with E-state index in [1.54, 1.807) is 0 Å². The summed E-state index contributed by atoms with van der Waals surface area (Å²) >= 11 is 4.01. The van der Waals surface area contributed by atoms with E-state index in [-0.39, 0.29) is 5.75 Å². The van der Waals surface area contributed by atoms with Gasteiger partial charge in [0.25, 0.3) is 0 Å². The fourth-order valence-electron chi connectivity index (χ4n) is 1.55. The van der Waals surface area contributed by atoms with Crippen molar-refractivity contribution in [3.05, 3.63) is 0 Å². The van der Waals surface area contributed by atoms with Crippen molar-refractivity contribution < 1.29 is 24.8 Å². The lowest BCUT2D eigenvalue weighted by Crippen LogP contribution is -2.58. The number of ether oxygens (including phenoxy) is 2. The lowest BCUT2D eigenvalue weighted by atomic mass is 10.00. The van der Waals surface area contributed by atoms with Crippen LogP contribution < -0.4 is 0 Å². The average Bonchev–Trinajstić information content (AvgIpc) is 2.29. The normalized spacial score (nSPS) is 39.9. The SMILES string of the molecule is CCCCO[C@@H]1OC(CS)[C@H](O)[C@H](O)C1O. The third-order valence-electron chi connectivity index (χ3n) is 2.63. The Bertz CT molecular complexity index is 202. The zero-order chi connectivity index (χ0) is 12.1. The maximum absolute atomic E-state index is 9.64. The summed E-state index contributed by atoms with van der Waals surface area (Å²) in [6.45, 7) is 2.48. The van der Waals surface area contributed by atoms with Crippen LogP contribution in [-0.4, -0.2) is 58.4 Å². The molecule has 0 aromatic rings. The molecule has 0 aromatic carbocycles. The molecule has 5 atom stereocenters. The molecule has 6 heteroatoms. The molecule has 1 saturated heterocycles. The summed E-state index contributed by atoms with van der Waals surface area (Å²) in [5, 5.41) is 28.8. The molecule has 0 aromatic heterocycles. The van der Waals surface area contributed by atoms with Crippen molar-refractivity contribution in [1.29, 1.82) is 0 Å². The molecule has 16 heavy (non-hydrogen) atoms. The minimum atomic E-state index is -1.25. The molecule has 1 rings (SSSR count). The van der Waals surface area contributed by atoms with Crippen molar-refractivity contribution in [2.24, 2.45) is 0 Å². The minimum Gasteiger partial charge on any atom is -0.388 e. The molecule has 1 heterocycles. The van der Waals surface area contributed by atoms with Crippen LogP contribution in [0.4, 0.5) is 0 Å². The van der Waals surface area contributed by atoms with E-state index in [1.165, 1.54) is 0 Å². The summed E-state index contributed by atoms with van der Waals surface area (Å²) in [6.07, 6.45) is -3.27. The predicted octanol–water partition coefficient (Wildman–Crippen LogP) is -0.460. The first kappa shape index (κ1) is 14.2. The fourth-order valence-corrected chi connectivity index (χ4v) is 1.85. The van der Waals surface area contributed by atoms with Gasteiger partial charge in [0.15, 0.2) is 6.29 Å². The Labute approximate surface area is 101 Å². The van der Waals surface area contributed by atoms with Crippen molar-refractivity contribution in [1.82, 2.24) is 0 Å². The quantitative estimate of drug-likeness (QED) is 0.393. The van der Waals surface area contributed by atoms with Crippen LogP contribution in [-0.2, 0) is 9.47 Å². The van der Waals surface area contributed by atoms with E-state index >= 15 is 0 Å². The van der Waals surface area contributed by atoms with Crippen LogP contribution in [0.1, 0.15) is 19.8 Å². The first-order valence-corrected chi connectivity index (χ1v) is 6.17. The fraction of sp³-hybridized carbons (Fsp3) is 1.00. The lowest BCUT2D eigenvalue weighted by molar-refractivity contribution is -0.292. The summed E-state index contributed by atoms with van der Waals surface area (Å²) in [7, 11) is 0. The predicted molar refractivity (Wildman–Crippen MR) is 61.4 cm³/mol. The maximum Gasteiger partial charge on any atom is 0.186 e. The van der Waals surface area contributed by atoms with E-state index in [2.05, 4.69) is 12.6 Å². The Morgan fingerprint density at radius 3 is 2.44 bits per heavy atom. The second kappa shape index (κ2) is 6.78. The molecule has 0 radical (unpaired) electrons. The van der Waals surface area contributed by atoms with Gasteiger partial charge < -0.3 is 24.8 Å². The van der Waals surface area contributed by atoms with Gasteiger partial charge in [0.2, 0.25) is 0 Å². The molecule has 1 aliphatic rings. The van der Waals surface area contributed by atoms with E-state index < -0.39 is 30.7 Å². The summed E-state index contributed by atoms with van der Waals surface area (Å²) in [5.74, 6) is 0.262. The topological polar surface area (TPSA) is 79.2 Å². The number of thiol groups is 1. The van der Waals surface area contributed by atoms with Crippen molar-refractivity contribution in [2.75, 3.05) is 12.4 Å². The maximum atomic E-state index is 9.64. The number of aliphatic hydroxyl groups excluding tert-OH is 3.